The van der Waals surface area contributed by atoms with E-state index in [0.29, 0.717) is 6.42 Å². The standard InChI is InChI=1S/C8H13NO2.CH3.U.V.Y/c1-3-5(2)6-4-7(10)9-8(6)11;;;;/h5-6H,3-4H2,1-2H3,(H,9,10,11);1H3;;;/q;-1;;;/p-1. The number of carbonyl (C=O) groups excluding carboxylic acids is 2. The molecule has 0 bridgehead atoms. The summed E-state index contributed by atoms with van der Waals surface area (Å²) >= 11 is 0. The molecular formula is C9H15NO2UVY-2. The molecule has 6 heteroatoms. The first-order chi connectivity index (χ1) is 5.15. The maximum atomic E-state index is 11.0. The number of nitrogens with zero attached hydrogens (tertiary/aromatic N) is 1. The van der Waals surface area contributed by atoms with Crippen LogP contribution in [0.2, 0.25) is 0 Å². The van der Waals surface area contributed by atoms with Crippen molar-refractivity contribution >= 4 is 11.8 Å². The van der Waals surface area contributed by atoms with Gasteiger partial charge in [-0.1, -0.05) is 20.3 Å². The second-order valence-electron chi connectivity index (χ2n) is 3.04. The fraction of sp³-hybridized carbons (Fsp3) is 0.667. The average Bonchev–Trinajstić information content (AvgIpc) is 2.28. The molecule has 0 aliphatic carbocycles. The van der Waals surface area contributed by atoms with Crippen molar-refractivity contribution in [2.45, 2.75) is 26.7 Å². The third kappa shape index (κ3) is 7.74. The summed E-state index contributed by atoms with van der Waals surface area (Å²) in [5.41, 5.74) is 0. The van der Waals surface area contributed by atoms with E-state index in [2.05, 4.69) is 5.32 Å². The van der Waals surface area contributed by atoms with Crippen LogP contribution in [0, 0.1) is 50.4 Å². The Hall–Kier alpha value is 1.88. The minimum Gasteiger partial charge on any atom is -0.596 e. The molecule has 1 fully saturated rings. The van der Waals surface area contributed by atoms with Crippen LogP contribution in [-0.4, -0.2) is 11.8 Å². The molecule has 0 N–H and O–H groups in total. The summed E-state index contributed by atoms with van der Waals surface area (Å²) in [6, 6.07) is 0. The monoisotopic (exact) mass is 547 g/mol. The Bertz CT molecular complexity index is 205. The summed E-state index contributed by atoms with van der Waals surface area (Å²) in [4.78, 5) is 21.7. The van der Waals surface area contributed by atoms with E-state index in [1.54, 1.807) is 0 Å². The largest absolute Gasteiger partial charge is 0.596 e. The van der Waals surface area contributed by atoms with E-state index in [-0.39, 0.29) is 113 Å². The first-order valence-electron chi connectivity index (χ1n) is 3.93. The molecule has 0 aromatic carbocycles. The van der Waals surface area contributed by atoms with Gasteiger partial charge in [0.2, 0.25) is 0 Å². The zero-order valence-corrected chi connectivity index (χ0v) is 17.8. The average molecular weight is 547 g/mol. The van der Waals surface area contributed by atoms with E-state index in [4.69, 9.17) is 0 Å². The Labute approximate surface area is 153 Å². The minimum absolute atomic E-state index is 0. The zero-order valence-electron chi connectivity index (χ0n) is 9.36. The third-order valence-electron chi connectivity index (χ3n) is 2.28. The first-order valence-corrected chi connectivity index (χ1v) is 3.93. The van der Waals surface area contributed by atoms with Gasteiger partial charge in [0.05, 0.1) is 11.8 Å². The molecule has 2 radical (unpaired) electrons. The van der Waals surface area contributed by atoms with Crippen molar-refractivity contribution in [3.63, 3.8) is 0 Å². The Morgan fingerprint density at radius 3 is 2.20 bits per heavy atom. The number of amides is 2. The Morgan fingerprint density at radius 2 is 1.93 bits per heavy atom. The molecule has 0 aromatic rings. The molecule has 1 aliphatic rings. The van der Waals surface area contributed by atoms with Crippen LogP contribution in [0.15, 0.2) is 0 Å². The maximum absolute atomic E-state index is 11.0. The van der Waals surface area contributed by atoms with Crippen LogP contribution in [0.3, 0.4) is 0 Å². The summed E-state index contributed by atoms with van der Waals surface area (Å²) in [5.74, 6) is -0.310. The second-order valence-corrected chi connectivity index (χ2v) is 3.04. The molecule has 1 saturated heterocycles. The normalized spacial score (nSPS) is 19.7. The molecule has 15 heavy (non-hydrogen) atoms. The molecular weight excluding hydrogens is 532 g/mol. The molecule has 3 nitrogen and oxygen atoms in total. The van der Waals surface area contributed by atoms with Gasteiger partial charge in [-0.15, -0.1) is 0 Å². The summed E-state index contributed by atoms with van der Waals surface area (Å²) in [5, 5.41) is 3.36. The predicted octanol–water partition coefficient (Wildman–Crippen LogP) is 1.92. The van der Waals surface area contributed by atoms with Gasteiger partial charge >= 0.3 is 0 Å². The Kier molecular flexibility index (Phi) is 21.1. The smallest absolute Gasteiger partial charge is 0.0603 e. The fourth-order valence-electron chi connectivity index (χ4n) is 1.26. The van der Waals surface area contributed by atoms with Crippen molar-refractivity contribution in [3.8, 4) is 0 Å². The molecule has 0 spiro atoms. The van der Waals surface area contributed by atoms with E-state index < -0.39 is 0 Å². The van der Waals surface area contributed by atoms with Crippen molar-refractivity contribution in [1.29, 1.82) is 0 Å². The number of rotatable bonds is 2. The van der Waals surface area contributed by atoms with E-state index >= 15 is 0 Å². The van der Waals surface area contributed by atoms with Crippen LogP contribution in [0.25, 0.3) is 5.32 Å². The van der Waals surface area contributed by atoms with Crippen LogP contribution in [0.5, 0.6) is 0 Å². The van der Waals surface area contributed by atoms with Crippen molar-refractivity contribution < 1.29 is 92.0 Å². The SMILES string of the molecule is CCC(C)C1CC(=O)[N-]C1=O.[CH3-].[U].[V].[Y]. The quantitative estimate of drug-likeness (QED) is 0.392. The van der Waals surface area contributed by atoms with E-state index in [9.17, 15) is 9.59 Å². The van der Waals surface area contributed by atoms with Crippen molar-refractivity contribution in [2.75, 3.05) is 0 Å². The molecule has 2 unspecified atom stereocenters. The van der Waals surface area contributed by atoms with Gasteiger partial charge in [0.25, 0.3) is 0 Å². The topological polar surface area (TPSA) is 48.2 Å². The zero-order chi connectivity index (χ0) is 8.43. The van der Waals surface area contributed by atoms with E-state index in [1.165, 1.54) is 0 Å². The van der Waals surface area contributed by atoms with Crippen LogP contribution in [0.1, 0.15) is 26.7 Å². The molecule has 82 valence electrons. The predicted molar refractivity (Wildman–Crippen MR) is 47.3 cm³/mol. The van der Waals surface area contributed by atoms with Gasteiger partial charge in [-0.3, -0.25) is 0 Å². The molecule has 2 atom stereocenters. The van der Waals surface area contributed by atoms with Crippen molar-refractivity contribution in [1.82, 2.24) is 0 Å². The number of hydrogen-bond donors (Lipinski definition) is 0. The Morgan fingerprint density at radius 1 is 1.47 bits per heavy atom. The van der Waals surface area contributed by atoms with Gasteiger partial charge in [0, 0.05) is 88.3 Å². The van der Waals surface area contributed by atoms with E-state index in [0.717, 1.165) is 6.42 Å². The van der Waals surface area contributed by atoms with Crippen LogP contribution in [0.4, 0.5) is 0 Å². The minimum atomic E-state index is -0.250. The second kappa shape index (κ2) is 12.3. The summed E-state index contributed by atoms with van der Waals surface area (Å²) in [6.45, 7) is 4.00. The van der Waals surface area contributed by atoms with Gasteiger partial charge in [0.1, 0.15) is 0 Å². The number of hydrogen-bond acceptors (Lipinski definition) is 2. The first kappa shape index (κ1) is 25.7. The molecule has 1 aliphatic heterocycles. The molecule has 0 saturated carbocycles. The van der Waals surface area contributed by atoms with Gasteiger partial charge < -0.3 is 22.3 Å². The molecule has 1 heterocycles. The van der Waals surface area contributed by atoms with Gasteiger partial charge in [-0.2, -0.15) is 0 Å². The Balaban J connectivity index is -0.000000151. The molecule has 0 aromatic heterocycles. The van der Waals surface area contributed by atoms with Gasteiger partial charge in [-0.05, 0) is 12.3 Å². The summed E-state index contributed by atoms with van der Waals surface area (Å²) in [7, 11) is 0. The number of carbonyl (C=O) groups is 2. The number of imide groups is 1. The van der Waals surface area contributed by atoms with Crippen LogP contribution < -0.4 is 0 Å². The van der Waals surface area contributed by atoms with Crippen molar-refractivity contribution in [2.24, 2.45) is 11.8 Å². The summed E-state index contributed by atoms with van der Waals surface area (Å²) in [6.07, 6.45) is 1.26. The van der Waals surface area contributed by atoms with E-state index in [1.807, 2.05) is 13.8 Å². The molecule has 1 rings (SSSR count). The van der Waals surface area contributed by atoms with Crippen molar-refractivity contribution in [3.05, 3.63) is 12.7 Å². The summed E-state index contributed by atoms with van der Waals surface area (Å²) < 4.78 is 0. The fourth-order valence-corrected chi connectivity index (χ4v) is 1.26. The van der Waals surface area contributed by atoms with Gasteiger partial charge in [-0.25, -0.2) is 0 Å². The van der Waals surface area contributed by atoms with Gasteiger partial charge in [0.15, 0.2) is 0 Å². The van der Waals surface area contributed by atoms with Crippen LogP contribution >= 0.6 is 0 Å². The third-order valence-corrected chi connectivity index (χ3v) is 2.28. The molecule has 2 amide bonds. The van der Waals surface area contributed by atoms with Crippen LogP contribution in [-0.2, 0) is 60.9 Å². The maximum Gasteiger partial charge on any atom is 0.0603 e.